The van der Waals surface area contributed by atoms with Gasteiger partial charge in [0.15, 0.2) is 0 Å². The van der Waals surface area contributed by atoms with E-state index in [-0.39, 0.29) is 5.82 Å². The van der Waals surface area contributed by atoms with E-state index in [0.717, 1.165) is 12.8 Å². The number of benzene rings is 1. The van der Waals surface area contributed by atoms with Crippen LogP contribution in [-0.4, -0.2) is 19.4 Å². The number of methoxy groups -OCH3 is 1. The van der Waals surface area contributed by atoms with Crippen LogP contribution < -0.4 is 4.74 Å². The highest BCUT2D eigenvalue weighted by atomic mass is 32.2. The lowest BCUT2D eigenvalue weighted by molar-refractivity contribution is 0.386. The second-order valence-corrected chi connectivity index (χ2v) is 5.42. The highest BCUT2D eigenvalue weighted by Crippen LogP contribution is 2.45. The van der Waals surface area contributed by atoms with Crippen LogP contribution in [0.4, 0.5) is 4.39 Å². The molecule has 2 rings (SSSR count). The molecule has 1 fully saturated rings. The zero-order valence-corrected chi connectivity index (χ0v) is 11.8. The van der Waals surface area contributed by atoms with E-state index in [2.05, 4.69) is 4.99 Å². The normalized spacial score (nSPS) is 17.0. The summed E-state index contributed by atoms with van der Waals surface area (Å²) in [7, 11) is 1.52. The molecule has 1 saturated carbocycles. The Morgan fingerprint density at radius 1 is 1.42 bits per heavy atom. The Bertz CT molecular complexity index is 520. The number of rotatable bonds is 4. The quantitative estimate of drug-likeness (QED) is 0.480. The minimum atomic E-state index is -0.734. The summed E-state index contributed by atoms with van der Waals surface area (Å²) >= 11 is 1.30. The molecule has 0 saturated heterocycles. The van der Waals surface area contributed by atoms with Gasteiger partial charge in [-0.2, -0.15) is 4.99 Å². The van der Waals surface area contributed by atoms with Crippen molar-refractivity contribution in [2.75, 3.05) is 13.4 Å². The molecule has 0 heterocycles. The summed E-state index contributed by atoms with van der Waals surface area (Å²) < 4.78 is 19.8. The molecular formula is C14H16FNO2S. The van der Waals surface area contributed by atoms with Crippen LogP contribution in [0.2, 0.25) is 0 Å². The van der Waals surface area contributed by atoms with E-state index >= 15 is 0 Å². The lowest BCUT2D eigenvalue weighted by atomic mass is 9.88. The molecule has 5 heteroatoms. The van der Waals surface area contributed by atoms with Gasteiger partial charge in [-0.15, -0.1) is 11.8 Å². The van der Waals surface area contributed by atoms with Gasteiger partial charge in [0, 0.05) is 5.56 Å². The van der Waals surface area contributed by atoms with E-state index in [4.69, 9.17) is 4.74 Å². The number of isocyanates is 1. The number of aliphatic imine (C=N–C) groups is 1. The van der Waals surface area contributed by atoms with Crippen LogP contribution in [0.5, 0.6) is 5.75 Å². The minimum Gasteiger partial charge on any atom is -0.495 e. The van der Waals surface area contributed by atoms with Crippen LogP contribution in [0, 0.1) is 5.82 Å². The van der Waals surface area contributed by atoms with Crippen molar-refractivity contribution in [2.24, 2.45) is 4.99 Å². The molecule has 0 bridgehead atoms. The Balaban J connectivity index is 2.58. The lowest BCUT2D eigenvalue weighted by Crippen LogP contribution is -2.21. The fourth-order valence-corrected chi connectivity index (χ4v) is 3.38. The first-order valence-corrected chi connectivity index (χ1v) is 7.41. The van der Waals surface area contributed by atoms with Crippen LogP contribution >= 0.6 is 11.8 Å². The number of ether oxygens (including phenoxy) is 1. The predicted octanol–water partition coefficient (Wildman–Crippen LogP) is 3.66. The number of hydrogen-bond donors (Lipinski definition) is 0. The van der Waals surface area contributed by atoms with Gasteiger partial charge in [-0.3, -0.25) is 0 Å². The molecule has 3 nitrogen and oxygen atoms in total. The Morgan fingerprint density at radius 2 is 2.11 bits per heavy atom. The van der Waals surface area contributed by atoms with Gasteiger partial charge in [0.2, 0.25) is 6.08 Å². The van der Waals surface area contributed by atoms with Crippen molar-refractivity contribution in [1.82, 2.24) is 0 Å². The summed E-state index contributed by atoms with van der Waals surface area (Å²) in [5.74, 6) is 0.185. The molecule has 1 aliphatic carbocycles. The third kappa shape index (κ3) is 2.40. The summed E-state index contributed by atoms with van der Waals surface area (Å²) in [6, 6.07) is 3.42. The summed E-state index contributed by atoms with van der Waals surface area (Å²) in [5.41, 5.74) is -0.249. The molecule has 0 atom stereocenters. The third-order valence-corrected chi connectivity index (χ3v) is 4.47. The molecule has 0 radical (unpaired) electrons. The first-order valence-electron chi connectivity index (χ1n) is 6.18. The van der Waals surface area contributed by atoms with Gasteiger partial charge >= 0.3 is 0 Å². The van der Waals surface area contributed by atoms with E-state index in [9.17, 15) is 9.18 Å². The molecule has 0 spiro atoms. The van der Waals surface area contributed by atoms with Gasteiger partial charge in [-0.05, 0) is 31.2 Å². The zero-order valence-electron chi connectivity index (χ0n) is 11.0. The second-order valence-electron chi connectivity index (χ2n) is 4.60. The van der Waals surface area contributed by atoms with Crippen molar-refractivity contribution < 1.29 is 13.9 Å². The van der Waals surface area contributed by atoms with E-state index in [0.29, 0.717) is 29.1 Å². The molecule has 19 heavy (non-hydrogen) atoms. The van der Waals surface area contributed by atoms with Gasteiger partial charge < -0.3 is 4.74 Å². The maximum atomic E-state index is 14.6. The average molecular weight is 281 g/mol. The molecule has 1 aromatic rings. The first-order chi connectivity index (χ1) is 9.18. The topological polar surface area (TPSA) is 38.7 Å². The predicted molar refractivity (Wildman–Crippen MR) is 73.0 cm³/mol. The van der Waals surface area contributed by atoms with Crippen molar-refractivity contribution in [3.8, 4) is 5.75 Å². The van der Waals surface area contributed by atoms with Crippen LogP contribution in [-0.2, 0) is 10.3 Å². The molecule has 102 valence electrons. The number of carbonyl (C=O) groups excluding carboxylic acids is 1. The Hall–Kier alpha value is -1.32. The maximum absolute atomic E-state index is 14.6. The molecule has 0 aromatic heterocycles. The fourth-order valence-electron chi connectivity index (χ4n) is 2.74. The van der Waals surface area contributed by atoms with Crippen molar-refractivity contribution in [1.29, 1.82) is 0 Å². The monoisotopic (exact) mass is 281 g/mol. The molecule has 0 unspecified atom stereocenters. The molecule has 1 aromatic carbocycles. The summed E-state index contributed by atoms with van der Waals surface area (Å²) in [4.78, 5) is 15.1. The summed E-state index contributed by atoms with van der Waals surface area (Å²) in [5, 5.41) is 0. The van der Waals surface area contributed by atoms with Crippen LogP contribution in [0.3, 0.4) is 0 Å². The molecule has 1 aliphatic rings. The molecule has 0 amide bonds. The Kier molecular flexibility index (Phi) is 4.27. The van der Waals surface area contributed by atoms with E-state index in [1.54, 1.807) is 24.5 Å². The fraction of sp³-hybridized carbons (Fsp3) is 0.500. The largest absolute Gasteiger partial charge is 0.495 e. The smallest absolute Gasteiger partial charge is 0.235 e. The Morgan fingerprint density at radius 3 is 2.63 bits per heavy atom. The van der Waals surface area contributed by atoms with E-state index in [1.165, 1.54) is 18.9 Å². The minimum absolute atomic E-state index is 0.326. The van der Waals surface area contributed by atoms with Gasteiger partial charge in [-0.1, -0.05) is 12.8 Å². The van der Waals surface area contributed by atoms with Gasteiger partial charge in [0.05, 0.1) is 12.0 Å². The zero-order chi connectivity index (χ0) is 13.9. The van der Waals surface area contributed by atoms with Crippen molar-refractivity contribution in [3.05, 3.63) is 23.5 Å². The van der Waals surface area contributed by atoms with E-state index in [1.807, 2.05) is 0 Å². The average Bonchev–Trinajstić information content (AvgIpc) is 2.88. The third-order valence-electron chi connectivity index (χ3n) is 3.68. The van der Waals surface area contributed by atoms with Gasteiger partial charge in [0.25, 0.3) is 0 Å². The summed E-state index contributed by atoms with van der Waals surface area (Å²) in [6.07, 6.45) is 6.70. The summed E-state index contributed by atoms with van der Waals surface area (Å²) in [6.45, 7) is 0. The number of hydrogen-bond acceptors (Lipinski definition) is 4. The van der Waals surface area contributed by atoms with Crippen molar-refractivity contribution >= 4 is 17.8 Å². The Labute approximate surface area is 116 Å². The number of nitrogens with zero attached hydrogens (tertiary/aromatic N) is 1. The first kappa shape index (κ1) is 14.1. The highest BCUT2D eigenvalue weighted by Gasteiger charge is 2.38. The van der Waals surface area contributed by atoms with Crippen LogP contribution in [0.1, 0.15) is 31.2 Å². The lowest BCUT2D eigenvalue weighted by Gasteiger charge is -2.24. The highest BCUT2D eigenvalue weighted by molar-refractivity contribution is 7.98. The number of thioether (sulfide) groups is 1. The van der Waals surface area contributed by atoms with Crippen LogP contribution in [0.15, 0.2) is 22.0 Å². The maximum Gasteiger partial charge on any atom is 0.235 e. The molecule has 0 N–H and O–H groups in total. The van der Waals surface area contributed by atoms with Crippen LogP contribution in [0.25, 0.3) is 0 Å². The van der Waals surface area contributed by atoms with Gasteiger partial charge in [0.1, 0.15) is 17.1 Å². The molecule has 0 aliphatic heterocycles. The van der Waals surface area contributed by atoms with Crippen molar-refractivity contribution in [3.63, 3.8) is 0 Å². The number of halogens is 1. The molecular weight excluding hydrogens is 265 g/mol. The second kappa shape index (κ2) is 5.76. The standard InChI is InChI=1S/C14H16FNO2S/c1-18-11-6-5-10(12(15)13(11)19-2)14(16-9-17)7-3-4-8-14/h5-6H,3-4,7-8H2,1-2H3. The van der Waals surface area contributed by atoms with E-state index < -0.39 is 5.54 Å². The SMILES string of the molecule is COc1ccc(C2(N=C=O)CCCC2)c(F)c1SC. The van der Waals surface area contributed by atoms with Crippen molar-refractivity contribution in [2.45, 2.75) is 36.1 Å². The van der Waals surface area contributed by atoms with Gasteiger partial charge in [-0.25, -0.2) is 9.18 Å².